The van der Waals surface area contributed by atoms with E-state index >= 15 is 0 Å². The van der Waals surface area contributed by atoms with Crippen molar-refractivity contribution in [2.75, 3.05) is 11.7 Å². The maximum Gasteiger partial charge on any atom is 0.416 e. The Bertz CT molecular complexity index is 1490. The van der Waals surface area contributed by atoms with Gasteiger partial charge in [-0.1, -0.05) is 36.1 Å². The molecule has 2 aliphatic heterocycles. The highest BCUT2D eigenvalue weighted by atomic mass is 32.2. The molecule has 0 bridgehead atoms. The molecule has 2 aliphatic rings. The summed E-state index contributed by atoms with van der Waals surface area (Å²) in [7, 11) is 0. The zero-order valence-corrected chi connectivity index (χ0v) is 20.0. The first-order valence-corrected chi connectivity index (χ1v) is 11.6. The SMILES string of the molecule is O=C1/C(=C\c2cccc(Oc3ccc(C(F)(F)F)cc3[N+](=O)[O-])c2)SC(=S)N1c1ccc2c(c1)OCO2. The fourth-order valence-electron chi connectivity index (χ4n) is 3.58. The number of carbonyl (C=O) groups excluding carboxylic acids is 1. The van der Waals surface area contributed by atoms with Gasteiger partial charge < -0.3 is 14.2 Å². The van der Waals surface area contributed by atoms with Gasteiger partial charge in [-0.25, -0.2) is 0 Å². The first-order chi connectivity index (χ1) is 17.6. The average Bonchev–Trinajstić information content (AvgIpc) is 3.42. The lowest BCUT2D eigenvalue weighted by molar-refractivity contribution is -0.385. The van der Waals surface area contributed by atoms with Crippen molar-refractivity contribution in [2.24, 2.45) is 0 Å². The van der Waals surface area contributed by atoms with Crippen LogP contribution in [-0.2, 0) is 11.0 Å². The number of thiocarbonyl (C=S) groups is 1. The summed E-state index contributed by atoms with van der Waals surface area (Å²) in [6.45, 7) is 0.0884. The van der Waals surface area contributed by atoms with Crippen molar-refractivity contribution in [2.45, 2.75) is 6.18 Å². The minimum absolute atomic E-state index is 0.0884. The van der Waals surface area contributed by atoms with Crippen LogP contribution >= 0.6 is 24.0 Å². The summed E-state index contributed by atoms with van der Waals surface area (Å²) in [4.78, 5) is 25.2. The molecule has 5 rings (SSSR count). The van der Waals surface area contributed by atoms with Crippen molar-refractivity contribution in [3.05, 3.63) is 86.8 Å². The van der Waals surface area contributed by atoms with Crippen LogP contribution in [0.1, 0.15) is 11.1 Å². The lowest BCUT2D eigenvalue weighted by Gasteiger charge is -2.14. The summed E-state index contributed by atoms with van der Waals surface area (Å²) >= 11 is 6.48. The highest BCUT2D eigenvalue weighted by Gasteiger charge is 2.35. The Balaban J connectivity index is 1.39. The molecule has 0 saturated carbocycles. The molecule has 0 unspecified atom stereocenters. The number of ether oxygens (including phenoxy) is 3. The Morgan fingerprint density at radius 2 is 1.86 bits per heavy atom. The number of nitrogens with zero attached hydrogens (tertiary/aromatic N) is 2. The van der Waals surface area contributed by atoms with Crippen molar-refractivity contribution in [1.29, 1.82) is 0 Å². The Morgan fingerprint density at radius 3 is 2.62 bits per heavy atom. The number of benzene rings is 3. The first-order valence-electron chi connectivity index (χ1n) is 10.4. The number of anilines is 1. The number of hydrogen-bond acceptors (Lipinski definition) is 8. The van der Waals surface area contributed by atoms with Crippen molar-refractivity contribution in [3.8, 4) is 23.0 Å². The third kappa shape index (κ3) is 4.95. The number of rotatable bonds is 5. The van der Waals surface area contributed by atoms with Crippen molar-refractivity contribution in [1.82, 2.24) is 0 Å². The minimum atomic E-state index is -4.74. The lowest BCUT2D eigenvalue weighted by Crippen LogP contribution is -2.27. The van der Waals surface area contributed by atoms with Crippen molar-refractivity contribution >= 4 is 51.7 Å². The van der Waals surface area contributed by atoms with Gasteiger partial charge in [0.25, 0.3) is 5.91 Å². The quantitative estimate of drug-likeness (QED) is 0.154. The molecule has 2 heterocycles. The number of nitro groups is 1. The number of carbonyl (C=O) groups is 1. The molecule has 188 valence electrons. The van der Waals surface area contributed by atoms with Gasteiger partial charge in [-0.15, -0.1) is 0 Å². The number of thioether (sulfide) groups is 1. The Kier molecular flexibility index (Phi) is 6.25. The summed E-state index contributed by atoms with van der Waals surface area (Å²) in [6.07, 6.45) is -3.17. The fraction of sp³-hybridized carbons (Fsp3) is 0.0833. The zero-order chi connectivity index (χ0) is 26.3. The molecule has 3 aromatic rings. The minimum Gasteiger partial charge on any atom is -0.454 e. The number of alkyl halides is 3. The Hall–Kier alpha value is -4.10. The molecule has 0 N–H and O–H groups in total. The predicted octanol–water partition coefficient (Wildman–Crippen LogP) is 6.54. The summed E-state index contributed by atoms with van der Waals surface area (Å²) in [6, 6.07) is 13.3. The molecule has 37 heavy (non-hydrogen) atoms. The van der Waals surface area contributed by atoms with Crippen molar-refractivity contribution < 1.29 is 37.1 Å². The molecule has 0 atom stereocenters. The molecule has 1 amide bonds. The van der Waals surface area contributed by atoms with Crippen LogP contribution in [0.15, 0.2) is 65.6 Å². The second kappa shape index (κ2) is 9.41. The summed E-state index contributed by atoms with van der Waals surface area (Å²) in [5, 5.41) is 11.3. The van der Waals surface area contributed by atoms with E-state index in [4.69, 9.17) is 26.4 Å². The molecule has 1 fully saturated rings. The molecule has 3 aromatic carbocycles. The second-order valence-corrected chi connectivity index (χ2v) is 9.34. The molecular weight excluding hydrogens is 533 g/mol. The fourth-order valence-corrected chi connectivity index (χ4v) is 4.88. The average molecular weight is 547 g/mol. The van der Waals surface area contributed by atoms with Gasteiger partial charge in [-0.3, -0.25) is 19.8 Å². The number of hydrogen-bond donors (Lipinski definition) is 0. The van der Waals surface area contributed by atoms with E-state index in [1.165, 1.54) is 17.0 Å². The van der Waals surface area contributed by atoms with E-state index in [9.17, 15) is 28.1 Å². The molecule has 0 aromatic heterocycles. The number of nitro benzene ring substituents is 1. The van der Waals surface area contributed by atoms with Crippen LogP contribution in [0.3, 0.4) is 0 Å². The van der Waals surface area contributed by atoms with E-state index in [1.54, 1.807) is 36.4 Å². The summed E-state index contributed by atoms with van der Waals surface area (Å²) < 4.78 is 55.4. The highest BCUT2D eigenvalue weighted by Crippen LogP contribution is 2.41. The maximum atomic E-state index is 13.1. The molecule has 0 aliphatic carbocycles. The predicted molar refractivity (Wildman–Crippen MR) is 133 cm³/mol. The summed E-state index contributed by atoms with van der Waals surface area (Å²) in [5.41, 5.74) is -0.963. The zero-order valence-electron chi connectivity index (χ0n) is 18.4. The largest absolute Gasteiger partial charge is 0.454 e. The molecule has 0 spiro atoms. The molecule has 8 nitrogen and oxygen atoms in total. The molecular formula is C24H13F3N2O6S2. The van der Waals surface area contributed by atoms with E-state index in [0.717, 1.165) is 17.8 Å². The molecule has 13 heteroatoms. The van der Waals surface area contributed by atoms with Crippen molar-refractivity contribution in [3.63, 3.8) is 0 Å². The van der Waals surface area contributed by atoms with Gasteiger partial charge in [0.05, 0.1) is 21.1 Å². The van der Waals surface area contributed by atoms with E-state index in [0.29, 0.717) is 44.1 Å². The maximum absolute atomic E-state index is 13.1. The van der Waals surface area contributed by atoms with Crippen LogP contribution in [0, 0.1) is 10.1 Å². The third-order valence-corrected chi connectivity index (χ3v) is 6.58. The Labute approximate surface area is 216 Å². The van der Waals surface area contributed by atoms with Gasteiger partial charge in [-0.05, 0) is 48.0 Å². The smallest absolute Gasteiger partial charge is 0.416 e. The Morgan fingerprint density at radius 1 is 1.08 bits per heavy atom. The van der Waals surface area contributed by atoms with E-state index in [-0.39, 0.29) is 24.2 Å². The second-order valence-electron chi connectivity index (χ2n) is 7.67. The molecule has 0 radical (unpaired) electrons. The third-order valence-electron chi connectivity index (χ3n) is 5.27. The summed E-state index contributed by atoms with van der Waals surface area (Å²) in [5.74, 6) is 0.471. The van der Waals surface area contributed by atoms with E-state index < -0.39 is 22.4 Å². The number of amides is 1. The highest BCUT2D eigenvalue weighted by molar-refractivity contribution is 8.27. The lowest BCUT2D eigenvalue weighted by atomic mass is 10.1. The van der Waals surface area contributed by atoms with Gasteiger partial charge in [0, 0.05) is 12.1 Å². The van der Waals surface area contributed by atoms with Crippen LogP contribution in [0.25, 0.3) is 6.08 Å². The van der Waals surface area contributed by atoms with Crippen LogP contribution in [-0.4, -0.2) is 21.9 Å². The van der Waals surface area contributed by atoms with Gasteiger partial charge in [0.1, 0.15) is 5.75 Å². The van der Waals surface area contributed by atoms with E-state index in [1.807, 2.05) is 0 Å². The van der Waals surface area contributed by atoms with Gasteiger partial charge in [0.2, 0.25) is 12.5 Å². The van der Waals surface area contributed by atoms with Gasteiger partial charge >= 0.3 is 11.9 Å². The standard InChI is InChI=1S/C24H13F3N2O6S2/c25-24(26,27)14-4-6-18(17(10-14)29(31)32)35-16-3-1-2-13(8-16)9-21-22(30)28(23(36)37-21)15-5-7-19-20(11-15)34-12-33-19/h1-11H,12H2/b21-9+. The monoisotopic (exact) mass is 546 g/mol. The van der Waals surface area contributed by atoms with E-state index in [2.05, 4.69) is 0 Å². The first kappa shape index (κ1) is 24.6. The van der Waals surface area contributed by atoms with Crippen LogP contribution in [0.4, 0.5) is 24.5 Å². The van der Waals surface area contributed by atoms with Crippen LogP contribution in [0.5, 0.6) is 23.0 Å². The molecule has 1 saturated heterocycles. The van der Waals surface area contributed by atoms with Gasteiger partial charge in [0.15, 0.2) is 15.8 Å². The van der Waals surface area contributed by atoms with Crippen LogP contribution in [0.2, 0.25) is 0 Å². The van der Waals surface area contributed by atoms with Crippen LogP contribution < -0.4 is 19.1 Å². The topological polar surface area (TPSA) is 91.1 Å². The van der Waals surface area contributed by atoms with Gasteiger partial charge in [-0.2, -0.15) is 13.2 Å². The normalized spacial score (nSPS) is 16.0. The number of halogens is 3. The number of fused-ring (bicyclic) bond motifs is 1.